The maximum absolute atomic E-state index is 13.3. The van der Waals surface area contributed by atoms with Crippen LogP contribution in [0.3, 0.4) is 0 Å². The molecule has 1 amide bonds. The van der Waals surface area contributed by atoms with Gasteiger partial charge in [0.05, 0.1) is 30.5 Å². The highest BCUT2D eigenvalue weighted by molar-refractivity contribution is 7.20. The average molecular weight is 471 g/mol. The topological polar surface area (TPSA) is 85.8 Å². The summed E-state index contributed by atoms with van der Waals surface area (Å²) in [6.45, 7) is 4.70. The van der Waals surface area contributed by atoms with Crippen LogP contribution in [-0.4, -0.2) is 61.7 Å². The van der Waals surface area contributed by atoms with Crippen molar-refractivity contribution in [1.29, 1.82) is 0 Å². The number of fused-ring (bicyclic) bond motifs is 1. The standard InChI is InChI=1S/C24H30N4O4S/c1-15-20-23(32-4)26-19(14-30-2)27-24(20)33-21(15)22(29)25-13-17(28-11-7-8-12-28)16-9-5-6-10-18(16)31-3/h5-6,9-10,17H,7-8,11-14H2,1-4H3,(H,25,29). The van der Waals surface area contributed by atoms with Crippen LogP contribution in [0.25, 0.3) is 10.2 Å². The first-order chi connectivity index (χ1) is 16.1. The normalized spacial score (nSPS) is 15.0. The number of aryl methyl sites for hydroxylation is 1. The van der Waals surface area contributed by atoms with Gasteiger partial charge in [-0.2, -0.15) is 4.98 Å². The molecule has 4 rings (SSSR count). The van der Waals surface area contributed by atoms with Crippen LogP contribution < -0.4 is 14.8 Å². The number of carbonyl (C=O) groups excluding carboxylic acids is 1. The fourth-order valence-corrected chi connectivity index (χ4v) is 5.51. The highest BCUT2D eigenvalue weighted by Crippen LogP contribution is 2.36. The predicted octanol–water partition coefficient (Wildman–Crippen LogP) is 3.73. The van der Waals surface area contributed by atoms with Crippen LogP contribution in [0.4, 0.5) is 0 Å². The van der Waals surface area contributed by atoms with E-state index in [1.165, 1.54) is 11.3 Å². The second-order valence-corrected chi connectivity index (χ2v) is 9.03. The number of nitrogens with one attached hydrogen (secondary N) is 1. The fourth-order valence-electron chi connectivity index (χ4n) is 4.40. The lowest BCUT2D eigenvalue weighted by molar-refractivity contribution is 0.0941. The third kappa shape index (κ3) is 4.80. The summed E-state index contributed by atoms with van der Waals surface area (Å²) in [5.74, 6) is 1.71. The van der Waals surface area contributed by atoms with Crippen molar-refractivity contribution in [3.05, 3.63) is 46.1 Å². The number of amides is 1. The van der Waals surface area contributed by atoms with Crippen molar-refractivity contribution < 1.29 is 19.0 Å². The number of benzene rings is 1. The van der Waals surface area contributed by atoms with E-state index >= 15 is 0 Å². The minimum atomic E-state index is -0.120. The Morgan fingerprint density at radius 1 is 1.15 bits per heavy atom. The summed E-state index contributed by atoms with van der Waals surface area (Å²) in [5.41, 5.74) is 1.91. The van der Waals surface area contributed by atoms with E-state index in [1.54, 1.807) is 21.3 Å². The van der Waals surface area contributed by atoms with Crippen molar-refractivity contribution in [2.45, 2.75) is 32.4 Å². The molecule has 8 nitrogen and oxygen atoms in total. The van der Waals surface area contributed by atoms with Gasteiger partial charge in [-0.3, -0.25) is 9.69 Å². The van der Waals surface area contributed by atoms with Gasteiger partial charge in [-0.15, -0.1) is 11.3 Å². The molecule has 33 heavy (non-hydrogen) atoms. The number of ether oxygens (including phenoxy) is 3. The molecule has 1 N–H and O–H groups in total. The largest absolute Gasteiger partial charge is 0.496 e. The number of hydrogen-bond donors (Lipinski definition) is 1. The third-order valence-corrected chi connectivity index (χ3v) is 7.20. The van der Waals surface area contributed by atoms with Crippen LogP contribution in [-0.2, 0) is 11.3 Å². The van der Waals surface area contributed by atoms with Gasteiger partial charge in [-0.05, 0) is 44.5 Å². The van der Waals surface area contributed by atoms with Crippen LogP contribution in [0, 0.1) is 6.92 Å². The number of likely N-dealkylation sites (tertiary alicyclic amines) is 1. The Hall–Kier alpha value is -2.75. The van der Waals surface area contributed by atoms with E-state index in [0.29, 0.717) is 23.1 Å². The second kappa shape index (κ2) is 10.5. The van der Waals surface area contributed by atoms with Crippen LogP contribution >= 0.6 is 11.3 Å². The van der Waals surface area contributed by atoms with Crippen molar-refractivity contribution >= 4 is 27.5 Å². The average Bonchev–Trinajstić information content (AvgIpc) is 3.47. The van der Waals surface area contributed by atoms with Gasteiger partial charge in [0.2, 0.25) is 5.88 Å². The summed E-state index contributed by atoms with van der Waals surface area (Å²) in [6.07, 6.45) is 2.33. The molecule has 1 aromatic carbocycles. The third-order valence-electron chi connectivity index (χ3n) is 6.01. The highest BCUT2D eigenvalue weighted by Gasteiger charge is 2.27. The van der Waals surface area contributed by atoms with Gasteiger partial charge >= 0.3 is 0 Å². The molecule has 2 aromatic heterocycles. The van der Waals surface area contributed by atoms with E-state index in [-0.39, 0.29) is 18.6 Å². The minimum Gasteiger partial charge on any atom is -0.496 e. The Labute approximate surface area is 197 Å². The lowest BCUT2D eigenvalue weighted by Gasteiger charge is -2.29. The maximum Gasteiger partial charge on any atom is 0.261 e. The number of hydrogen-bond acceptors (Lipinski definition) is 8. The Kier molecular flexibility index (Phi) is 7.42. The molecule has 0 bridgehead atoms. The molecule has 176 valence electrons. The summed E-state index contributed by atoms with van der Waals surface area (Å²) in [5, 5.41) is 3.94. The first-order valence-corrected chi connectivity index (χ1v) is 11.9. The smallest absolute Gasteiger partial charge is 0.261 e. The van der Waals surface area contributed by atoms with Gasteiger partial charge in [0, 0.05) is 19.2 Å². The maximum atomic E-state index is 13.3. The number of para-hydroxylation sites is 1. The van der Waals surface area contributed by atoms with Crippen molar-refractivity contribution in [2.75, 3.05) is 41.0 Å². The van der Waals surface area contributed by atoms with Crippen LogP contribution in [0.5, 0.6) is 11.6 Å². The summed E-state index contributed by atoms with van der Waals surface area (Å²) in [7, 11) is 4.85. The lowest BCUT2D eigenvalue weighted by atomic mass is 10.0. The zero-order chi connectivity index (χ0) is 23.4. The van der Waals surface area contributed by atoms with E-state index in [2.05, 4.69) is 26.3 Å². The summed E-state index contributed by atoms with van der Waals surface area (Å²) in [4.78, 5) is 26.0. The number of thiophene rings is 1. The SMILES string of the molecule is COCc1nc(OC)c2c(C)c(C(=O)NCC(c3ccccc3OC)N3CCCC3)sc2n1. The van der Waals surface area contributed by atoms with E-state index in [0.717, 1.165) is 53.0 Å². The van der Waals surface area contributed by atoms with Gasteiger partial charge in [-0.1, -0.05) is 18.2 Å². The number of rotatable bonds is 9. The number of carbonyl (C=O) groups is 1. The van der Waals surface area contributed by atoms with Crippen molar-refractivity contribution in [3.8, 4) is 11.6 Å². The van der Waals surface area contributed by atoms with E-state index in [4.69, 9.17) is 14.2 Å². The van der Waals surface area contributed by atoms with E-state index in [1.807, 2.05) is 25.1 Å². The van der Waals surface area contributed by atoms with Crippen molar-refractivity contribution in [3.63, 3.8) is 0 Å². The Morgan fingerprint density at radius 2 is 1.91 bits per heavy atom. The zero-order valence-electron chi connectivity index (χ0n) is 19.5. The Morgan fingerprint density at radius 3 is 2.61 bits per heavy atom. The van der Waals surface area contributed by atoms with Crippen LogP contribution in [0.2, 0.25) is 0 Å². The van der Waals surface area contributed by atoms with Crippen LogP contribution in [0.15, 0.2) is 24.3 Å². The monoisotopic (exact) mass is 470 g/mol. The molecule has 1 aliphatic heterocycles. The number of nitrogens with zero attached hydrogens (tertiary/aromatic N) is 3. The molecule has 1 atom stereocenters. The lowest BCUT2D eigenvalue weighted by Crippen LogP contribution is -2.37. The van der Waals surface area contributed by atoms with E-state index in [9.17, 15) is 4.79 Å². The summed E-state index contributed by atoms with van der Waals surface area (Å²) in [6, 6.07) is 8.08. The van der Waals surface area contributed by atoms with Gasteiger partial charge in [0.25, 0.3) is 5.91 Å². The van der Waals surface area contributed by atoms with Gasteiger partial charge in [0.1, 0.15) is 17.2 Å². The van der Waals surface area contributed by atoms with Crippen molar-refractivity contribution in [1.82, 2.24) is 20.2 Å². The van der Waals surface area contributed by atoms with Gasteiger partial charge in [0.15, 0.2) is 5.82 Å². The molecular formula is C24H30N4O4S. The molecule has 0 saturated carbocycles. The number of aromatic nitrogens is 2. The molecule has 0 aliphatic carbocycles. The molecule has 1 unspecified atom stereocenters. The molecule has 1 saturated heterocycles. The predicted molar refractivity (Wildman–Crippen MR) is 128 cm³/mol. The van der Waals surface area contributed by atoms with Gasteiger partial charge < -0.3 is 19.5 Å². The first kappa shape index (κ1) is 23.4. The molecule has 9 heteroatoms. The molecule has 3 heterocycles. The minimum absolute atomic E-state index is 0.0462. The molecule has 1 aliphatic rings. The molecular weight excluding hydrogens is 440 g/mol. The second-order valence-electron chi connectivity index (χ2n) is 8.03. The molecule has 0 spiro atoms. The summed E-state index contributed by atoms with van der Waals surface area (Å²) >= 11 is 1.35. The van der Waals surface area contributed by atoms with E-state index < -0.39 is 0 Å². The fraction of sp³-hybridized carbons (Fsp3) is 0.458. The highest BCUT2D eigenvalue weighted by atomic mass is 32.1. The first-order valence-electron chi connectivity index (χ1n) is 11.1. The molecule has 0 radical (unpaired) electrons. The zero-order valence-corrected chi connectivity index (χ0v) is 20.3. The van der Waals surface area contributed by atoms with Crippen molar-refractivity contribution in [2.24, 2.45) is 0 Å². The Bertz CT molecular complexity index is 1130. The molecule has 3 aromatic rings. The van der Waals surface area contributed by atoms with Gasteiger partial charge in [-0.25, -0.2) is 4.98 Å². The number of methoxy groups -OCH3 is 3. The molecule has 1 fully saturated rings. The Balaban J connectivity index is 1.60. The summed E-state index contributed by atoms with van der Waals surface area (Å²) < 4.78 is 16.3. The quantitative estimate of drug-likeness (QED) is 0.510. The van der Waals surface area contributed by atoms with Crippen LogP contribution in [0.1, 0.15) is 45.5 Å².